The molecule has 22 heavy (non-hydrogen) atoms. The molecule has 2 aromatic rings. The summed E-state index contributed by atoms with van der Waals surface area (Å²) in [6.07, 6.45) is 0. The molecule has 0 aliphatic rings. The van der Waals surface area contributed by atoms with E-state index < -0.39 is 11.5 Å². The summed E-state index contributed by atoms with van der Waals surface area (Å²) in [7, 11) is 0. The highest BCUT2D eigenvalue weighted by Crippen LogP contribution is 2.22. The number of aliphatic hydroxyl groups is 1. The highest BCUT2D eigenvalue weighted by Gasteiger charge is 2.13. The zero-order valence-corrected chi connectivity index (χ0v) is 12.4. The molecule has 0 aliphatic carbocycles. The van der Waals surface area contributed by atoms with Crippen molar-refractivity contribution in [3.05, 3.63) is 56.4 Å². The Morgan fingerprint density at radius 1 is 1.36 bits per heavy atom. The Morgan fingerprint density at radius 2 is 2.09 bits per heavy atom. The van der Waals surface area contributed by atoms with Crippen LogP contribution in [-0.2, 0) is 13.2 Å². The van der Waals surface area contributed by atoms with Crippen LogP contribution in [0.15, 0.2) is 35.1 Å². The molecule has 0 amide bonds. The molecule has 0 bridgehead atoms. The average Bonchev–Trinajstić information content (AvgIpc) is 2.49. The van der Waals surface area contributed by atoms with E-state index in [1.165, 1.54) is 22.9 Å². The Labute approximate surface area is 127 Å². The lowest BCUT2D eigenvalue weighted by atomic mass is 10.1. The van der Waals surface area contributed by atoms with Crippen LogP contribution >= 0.6 is 0 Å². The van der Waals surface area contributed by atoms with Gasteiger partial charge in [0.05, 0.1) is 17.2 Å². The summed E-state index contributed by atoms with van der Waals surface area (Å²) < 4.78 is 1.30. The van der Waals surface area contributed by atoms with Crippen molar-refractivity contribution < 1.29 is 10.0 Å². The zero-order chi connectivity index (χ0) is 16.3. The first-order chi connectivity index (χ1) is 10.4. The van der Waals surface area contributed by atoms with Crippen LogP contribution in [0.3, 0.4) is 0 Å². The number of nitro benzene ring substituents is 1. The van der Waals surface area contributed by atoms with Gasteiger partial charge in [0.25, 0.3) is 11.2 Å². The SMILES string of the molecule is CC(C)Cn1nc(-c2cccc([N+](=O)[O-])c2)cc(CO)c1=O. The van der Waals surface area contributed by atoms with Gasteiger partial charge in [-0.2, -0.15) is 5.10 Å². The van der Waals surface area contributed by atoms with Crippen LogP contribution in [0, 0.1) is 16.0 Å². The molecule has 0 saturated heterocycles. The number of non-ortho nitro benzene ring substituents is 1. The topological polar surface area (TPSA) is 98.3 Å². The van der Waals surface area contributed by atoms with E-state index >= 15 is 0 Å². The third-order valence-corrected chi connectivity index (χ3v) is 3.11. The van der Waals surface area contributed by atoms with Crippen molar-refractivity contribution in [3.63, 3.8) is 0 Å². The van der Waals surface area contributed by atoms with Gasteiger partial charge in [-0.1, -0.05) is 26.0 Å². The monoisotopic (exact) mass is 303 g/mol. The molecule has 1 aromatic carbocycles. The Balaban J connectivity index is 2.57. The van der Waals surface area contributed by atoms with E-state index in [2.05, 4.69) is 5.10 Å². The molecule has 1 N–H and O–H groups in total. The second-order valence-electron chi connectivity index (χ2n) is 5.40. The van der Waals surface area contributed by atoms with Crippen molar-refractivity contribution in [3.8, 4) is 11.3 Å². The van der Waals surface area contributed by atoms with E-state index in [9.17, 15) is 20.0 Å². The van der Waals surface area contributed by atoms with Gasteiger partial charge in [0.15, 0.2) is 0 Å². The lowest BCUT2D eigenvalue weighted by Gasteiger charge is -2.11. The number of hydrogen-bond acceptors (Lipinski definition) is 5. The maximum absolute atomic E-state index is 12.1. The first-order valence-electron chi connectivity index (χ1n) is 6.89. The number of nitrogens with zero attached hydrogens (tertiary/aromatic N) is 3. The lowest BCUT2D eigenvalue weighted by Crippen LogP contribution is -2.28. The summed E-state index contributed by atoms with van der Waals surface area (Å²) in [5, 5.41) is 24.5. The second-order valence-corrected chi connectivity index (χ2v) is 5.40. The maximum atomic E-state index is 12.1. The molecule has 0 atom stereocenters. The summed E-state index contributed by atoms with van der Waals surface area (Å²) >= 11 is 0. The van der Waals surface area contributed by atoms with Crippen LogP contribution in [0.2, 0.25) is 0 Å². The molecule has 2 rings (SSSR count). The number of rotatable bonds is 5. The van der Waals surface area contributed by atoms with Crippen LogP contribution in [-0.4, -0.2) is 19.8 Å². The highest BCUT2D eigenvalue weighted by molar-refractivity contribution is 5.62. The molecule has 116 valence electrons. The van der Waals surface area contributed by atoms with E-state index in [1.807, 2.05) is 13.8 Å². The van der Waals surface area contributed by atoms with Crippen molar-refractivity contribution in [2.24, 2.45) is 5.92 Å². The predicted octanol–water partition coefficient (Wildman–Crippen LogP) is 1.97. The fourth-order valence-corrected chi connectivity index (χ4v) is 2.10. The third-order valence-electron chi connectivity index (χ3n) is 3.11. The van der Waals surface area contributed by atoms with Gasteiger partial charge in [0.1, 0.15) is 0 Å². The summed E-state index contributed by atoms with van der Waals surface area (Å²) in [6.45, 7) is 3.91. The van der Waals surface area contributed by atoms with Gasteiger partial charge >= 0.3 is 0 Å². The Morgan fingerprint density at radius 3 is 2.68 bits per heavy atom. The van der Waals surface area contributed by atoms with Crippen LogP contribution in [0.4, 0.5) is 5.69 Å². The van der Waals surface area contributed by atoms with Crippen molar-refractivity contribution in [1.29, 1.82) is 0 Å². The van der Waals surface area contributed by atoms with Crippen molar-refractivity contribution in [2.75, 3.05) is 0 Å². The van der Waals surface area contributed by atoms with Crippen LogP contribution < -0.4 is 5.56 Å². The normalized spacial score (nSPS) is 10.9. The van der Waals surface area contributed by atoms with E-state index in [0.717, 1.165) is 0 Å². The van der Waals surface area contributed by atoms with Crippen LogP contribution in [0.25, 0.3) is 11.3 Å². The molecular weight excluding hydrogens is 286 g/mol. The van der Waals surface area contributed by atoms with Gasteiger partial charge in [-0.25, -0.2) is 4.68 Å². The standard InChI is InChI=1S/C15H17N3O4/c1-10(2)8-17-15(20)12(9-19)7-14(16-17)11-4-3-5-13(6-11)18(21)22/h3-7,10,19H,8-9H2,1-2H3. The maximum Gasteiger partial charge on any atom is 0.272 e. The van der Waals surface area contributed by atoms with Crippen LogP contribution in [0.5, 0.6) is 0 Å². The number of aromatic nitrogens is 2. The third kappa shape index (κ3) is 3.37. The number of nitro groups is 1. The van der Waals surface area contributed by atoms with E-state index in [4.69, 9.17) is 0 Å². The summed E-state index contributed by atoms with van der Waals surface area (Å²) in [5.74, 6) is 0.206. The largest absolute Gasteiger partial charge is 0.391 e. The molecule has 7 nitrogen and oxygen atoms in total. The van der Waals surface area contributed by atoms with Gasteiger partial charge in [-0.15, -0.1) is 0 Å². The molecule has 0 spiro atoms. The molecule has 0 saturated carbocycles. The molecular formula is C15H17N3O4. The minimum absolute atomic E-state index is 0.0496. The number of aliphatic hydroxyl groups excluding tert-OH is 1. The average molecular weight is 303 g/mol. The lowest BCUT2D eigenvalue weighted by molar-refractivity contribution is -0.384. The van der Waals surface area contributed by atoms with Crippen LogP contribution in [0.1, 0.15) is 19.4 Å². The fraction of sp³-hybridized carbons (Fsp3) is 0.333. The summed E-state index contributed by atoms with van der Waals surface area (Å²) in [4.78, 5) is 22.5. The first kappa shape index (κ1) is 15.8. The number of benzene rings is 1. The first-order valence-corrected chi connectivity index (χ1v) is 6.89. The Hall–Kier alpha value is -2.54. The van der Waals surface area contributed by atoms with Gasteiger partial charge in [0.2, 0.25) is 0 Å². The molecule has 1 aromatic heterocycles. The second kappa shape index (κ2) is 6.48. The predicted molar refractivity (Wildman–Crippen MR) is 81.3 cm³/mol. The molecule has 0 fully saturated rings. The molecule has 0 aliphatic heterocycles. The Bertz CT molecular complexity index is 753. The van der Waals surface area contributed by atoms with E-state index in [0.29, 0.717) is 17.8 Å². The van der Waals surface area contributed by atoms with Crippen molar-refractivity contribution in [1.82, 2.24) is 9.78 Å². The van der Waals surface area contributed by atoms with Crippen molar-refractivity contribution >= 4 is 5.69 Å². The van der Waals surface area contributed by atoms with E-state index in [1.54, 1.807) is 12.1 Å². The smallest absolute Gasteiger partial charge is 0.272 e. The minimum atomic E-state index is -0.486. The summed E-state index contributed by atoms with van der Waals surface area (Å²) in [5.41, 5.74) is 0.781. The van der Waals surface area contributed by atoms with Gasteiger partial charge in [-0.05, 0) is 12.0 Å². The molecule has 7 heteroatoms. The van der Waals surface area contributed by atoms with Gasteiger partial charge in [-0.3, -0.25) is 14.9 Å². The van der Waals surface area contributed by atoms with Crippen molar-refractivity contribution in [2.45, 2.75) is 27.0 Å². The van der Waals surface area contributed by atoms with E-state index in [-0.39, 0.29) is 22.7 Å². The van der Waals surface area contributed by atoms with Gasteiger partial charge in [0, 0.05) is 29.8 Å². The number of hydrogen-bond donors (Lipinski definition) is 1. The summed E-state index contributed by atoms with van der Waals surface area (Å²) in [6, 6.07) is 7.50. The molecule has 1 heterocycles. The molecule has 0 radical (unpaired) electrons. The zero-order valence-electron chi connectivity index (χ0n) is 12.4. The fourth-order valence-electron chi connectivity index (χ4n) is 2.10. The molecule has 0 unspecified atom stereocenters. The van der Waals surface area contributed by atoms with Gasteiger partial charge < -0.3 is 5.11 Å². The minimum Gasteiger partial charge on any atom is -0.391 e. The quantitative estimate of drug-likeness (QED) is 0.672. The Kier molecular flexibility index (Phi) is 4.67. The highest BCUT2D eigenvalue weighted by atomic mass is 16.6.